The van der Waals surface area contributed by atoms with E-state index in [1.54, 1.807) is 0 Å². The van der Waals surface area contributed by atoms with Gasteiger partial charge in [-0.05, 0) is 24.2 Å². The molecule has 3 nitrogen and oxygen atoms in total. The van der Waals surface area contributed by atoms with Gasteiger partial charge in [-0.1, -0.05) is 20.8 Å². The van der Waals surface area contributed by atoms with Crippen molar-refractivity contribution in [3.05, 3.63) is 0 Å². The molecule has 0 saturated heterocycles. The molecular weight excluding hydrogens is 168 g/mol. The fraction of sp³-hybridized carbons (Fsp3) is 0.900. The molecule has 3 atom stereocenters. The Kier molecular flexibility index (Phi) is 2.66. The fourth-order valence-corrected chi connectivity index (χ4v) is 2.29. The maximum absolute atomic E-state index is 10.9. The highest BCUT2D eigenvalue weighted by atomic mass is 16.4. The Morgan fingerprint density at radius 1 is 1.31 bits per heavy atom. The Balaban J connectivity index is 2.82. The van der Waals surface area contributed by atoms with Crippen molar-refractivity contribution in [3.63, 3.8) is 0 Å². The predicted octanol–water partition coefficient (Wildman–Crippen LogP) is 1.50. The van der Waals surface area contributed by atoms with E-state index in [1.807, 2.05) is 20.8 Å². The Morgan fingerprint density at radius 3 is 2.15 bits per heavy atom. The molecule has 1 rings (SSSR count). The van der Waals surface area contributed by atoms with Crippen LogP contribution in [-0.4, -0.2) is 22.3 Å². The zero-order valence-corrected chi connectivity index (χ0v) is 8.45. The van der Waals surface area contributed by atoms with Gasteiger partial charge in [0.05, 0.1) is 12.0 Å². The van der Waals surface area contributed by atoms with Crippen LogP contribution >= 0.6 is 0 Å². The van der Waals surface area contributed by atoms with Gasteiger partial charge in [0.25, 0.3) is 0 Å². The zero-order chi connectivity index (χ0) is 10.2. The summed E-state index contributed by atoms with van der Waals surface area (Å²) in [6.07, 6.45) is 0.794. The summed E-state index contributed by atoms with van der Waals surface area (Å²) in [5.74, 6) is -1.33. The van der Waals surface area contributed by atoms with Gasteiger partial charge < -0.3 is 10.2 Å². The Morgan fingerprint density at radius 2 is 1.85 bits per heavy atom. The summed E-state index contributed by atoms with van der Waals surface area (Å²) in [5.41, 5.74) is -0.0272. The molecule has 0 aromatic heterocycles. The molecule has 1 fully saturated rings. The van der Waals surface area contributed by atoms with Crippen LogP contribution in [0.15, 0.2) is 0 Å². The van der Waals surface area contributed by atoms with Gasteiger partial charge in [-0.3, -0.25) is 4.79 Å². The first kappa shape index (κ1) is 10.5. The standard InChI is InChI=1S/C10H18O3/c1-10(2,3)6-4-5-7(11)8(6)9(12)13/h6-8,11H,4-5H2,1-3H3,(H,12,13)/t6-,7+,8-/m0/s1. The smallest absolute Gasteiger partial charge is 0.309 e. The van der Waals surface area contributed by atoms with Crippen LogP contribution in [0.2, 0.25) is 0 Å². The maximum atomic E-state index is 10.9. The summed E-state index contributed by atoms with van der Waals surface area (Å²) in [7, 11) is 0. The number of carboxylic acid groups (broad SMARTS) is 1. The van der Waals surface area contributed by atoms with Crippen molar-refractivity contribution in [1.82, 2.24) is 0 Å². The number of aliphatic carboxylic acids is 1. The third-order valence-corrected chi connectivity index (χ3v) is 3.02. The molecule has 0 heterocycles. The lowest BCUT2D eigenvalue weighted by Gasteiger charge is -2.30. The molecule has 0 unspecified atom stereocenters. The van der Waals surface area contributed by atoms with Crippen molar-refractivity contribution >= 4 is 5.97 Å². The molecule has 1 aliphatic carbocycles. The highest BCUT2D eigenvalue weighted by molar-refractivity contribution is 5.71. The van der Waals surface area contributed by atoms with Crippen LogP contribution in [0.25, 0.3) is 0 Å². The molecule has 1 saturated carbocycles. The third-order valence-electron chi connectivity index (χ3n) is 3.02. The molecular formula is C10H18O3. The van der Waals surface area contributed by atoms with Gasteiger partial charge in [0, 0.05) is 0 Å². The number of hydrogen-bond donors (Lipinski definition) is 2. The van der Waals surface area contributed by atoms with Gasteiger partial charge >= 0.3 is 5.97 Å². The van der Waals surface area contributed by atoms with Gasteiger partial charge in [-0.15, -0.1) is 0 Å². The van der Waals surface area contributed by atoms with E-state index in [9.17, 15) is 9.90 Å². The van der Waals surface area contributed by atoms with E-state index in [0.717, 1.165) is 6.42 Å². The van der Waals surface area contributed by atoms with Gasteiger partial charge in [-0.25, -0.2) is 0 Å². The average molecular weight is 186 g/mol. The van der Waals surface area contributed by atoms with Crippen LogP contribution in [-0.2, 0) is 4.79 Å². The number of carboxylic acids is 1. The molecule has 0 radical (unpaired) electrons. The van der Waals surface area contributed by atoms with E-state index in [0.29, 0.717) is 6.42 Å². The Hall–Kier alpha value is -0.570. The van der Waals surface area contributed by atoms with Crippen LogP contribution < -0.4 is 0 Å². The minimum atomic E-state index is -0.857. The van der Waals surface area contributed by atoms with E-state index in [1.165, 1.54) is 0 Å². The summed E-state index contributed by atoms with van der Waals surface area (Å²) in [6, 6.07) is 0. The summed E-state index contributed by atoms with van der Waals surface area (Å²) in [5, 5.41) is 18.5. The highest BCUT2D eigenvalue weighted by Crippen LogP contribution is 2.43. The zero-order valence-electron chi connectivity index (χ0n) is 8.45. The minimum absolute atomic E-state index is 0.0272. The van der Waals surface area contributed by atoms with E-state index in [4.69, 9.17) is 5.11 Å². The topological polar surface area (TPSA) is 57.5 Å². The fourth-order valence-electron chi connectivity index (χ4n) is 2.29. The Labute approximate surface area is 78.8 Å². The number of aliphatic hydroxyl groups is 1. The van der Waals surface area contributed by atoms with Crippen LogP contribution in [0.3, 0.4) is 0 Å². The number of aliphatic hydroxyl groups excluding tert-OH is 1. The van der Waals surface area contributed by atoms with Crippen LogP contribution in [0.4, 0.5) is 0 Å². The highest BCUT2D eigenvalue weighted by Gasteiger charge is 2.45. The largest absolute Gasteiger partial charge is 0.481 e. The lowest BCUT2D eigenvalue weighted by molar-refractivity contribution is -0.148. The lowest BCUT2D eigenvalue weighted by Crippen LogP contribution is -2.34. The number of carbonyl (C=O) groups is 1. The molecule has 0 spiro atoms. The molecule has 76 valence electrons. The predicted molar refractivity (Wildman–Crippen MR) is 49.3 cm³/mol. The summed E-state index contributed by atoms with van der Waals surface area (Å²) < 4.78 is 0. The van der Waals surface area contributed by atoms with Gasteiger partial charge in [0.2, 0.25) is 0 Å². The quantitative estimate of drug-likeness (QED) is 0.652. The molecule has 0 aromatic carbocycles. The van der Waals surface area contributed by atoms with E-state index in [-0.39, 0.29) is 11.3 Å². The van der Waals surface area contributed by atoms with Crippen molar-refractivity contribution in [2.24, 2.45) is 17.3 Å². The third kappa shape index (κ3) is 2.02. The van der Waals surface area contributed by atoms with Crippen molar-refractivity contribution in [1.29, 1.82) is 0 Å². The van der Waals surface area contributed by atoms with Crippen LogP contribution in [0.1, 0.15) is 33.6 Å². The molecule has 0 amide bonds. The van der Waals surface area contributed by atoms with Crippen LogP contribution in [0.5, 0.6) is 0 Å². The molecule has 1 aliphatic rings. The maximum Gasteiger partial charge on any atom is 0.309 e. The molecule has 0 bridgehead atoms. The molecule has 3 heteroatoms. The SMILES string of the molecule is CC(C)(C)[C@H]1CC[C@@H](O)[C@H]1C(=O)O. The van der Waals surface area contributed by atoms with Gasteiger partial charge in [0.1, 0.15) is 0 Å². The molecule has 0 aliphatic heterocycles. The van der Waals surface area contributed by atoms with E-state index in [2.05, 4.69) is 0 Å². The minimum Gasteiger partial charge on any atom is -0.481 e. The van der Waals surface area contributed by atoms with Crippen molar-refractivity contribution in [2.45, 2.75) is 39.7 Å². The second-order valence-electron chi connectivity index (χ2n) is 4.98. The van der Waals surface area contributed by atoms with E-state index < -0.39 is 18.0 Å². The molecule has 2 N–H and O–H groups in total. The van der Waals surface area contributed by atoms with Crippen molar-refractivity contribution < 1.29 is 15.0 Å². The Bertz CT molecular complexity index is 205. The number of hydrogen-bond acceptors (Lipinski definition) is 2. The molecule has 13 heavy (non-hydrogen) atoms. The summed E-state index contributed by atoms with van der Waals surface area (Å²) in [4.78, 5) is 10.9. The second-order valence-corrected chi connectivity index (χ2v) is 4.98. The van der Waals surface area contributed by atoms with Crippen molar-refractivity contribution in [3.8, 4) is 0 Å². The first-order chi connectivity index (χ1) is 5.84. The normalized spacial score (nSPS) is 34.9. The average Bonchev–Trinajstić information content (AvgIpc) is 2.28. The molecule has 0 aromatic rings. The first-order valence-electron chi connectivity index (χ1n) is 4.75. The van der Waals surface area contributed by atoms with Gasteiger partial charge in [-0.2, -0.15) is 0 Å². The number of rotatable bonds is 1. The van der Waals surface area contributed by atoms with Crippen LogP contribution in [0, 0.1) is 17.3 Å². The second kappa shape index (κ2) is 3.29. The van der Waals surface area contributed by atoms with E-state index >= 15 is 0 Å². The van der Waals surface area contributed by atoms with Gasteiger partial charge in [0.15, 0.2) is 0 Å². The first-order valence-corrected chi connectivity index (χ1v) is 4.75. The van der Waals surface area contributed by atoms with Crippen molar-refractivity contribution in [2.75, 3.05) is 0 Å². The monoisotopic (exact) mass is 186 g/mol. The summed E-state index contributed by atoms with van der Waals surface area (Å²) >= 11 is 0. The summed E-state index contributed by atoms with van der Waals surface area (Å²) in [6.45, 7) is 6.10. The lowest BCUT2D eigenvalue weighted by atomic mass is 9.74.